The molecule has 0 aliphatic carbocycles. The van der Waals surface area contributed by atoms with Gasteiger partial charge in [-0.2, -0.15) is 0 Å². The van der Waals surface area contributed by atoms with E-state index in [0.29, 0.717) is 18.7 Å². The Morgan fingerprint density at radius 1 is 1.12 bits per heavy atom. The monoisotopic (exact) mass is 355 g/mol. The summed E-state index contributed by atoms with van der Waals surface area (Å²) < 4.78 is 12.8. The molecule has 1 aliphatic rings. The molecule has 3 rings (SSSR count). The molecule has 0 saturated heterocycles. The van der Waals surface area contributed by atoms with Gasteiger partial charge in [0.2, 0.25) is 0 Å². The van der Waals surface area contributed by atoms with Crippen molar-refractivity contribution < 1.29 is 14.0 Å². The molecule has 6 heteroatoms. The molecular formula is C20H22FN3O2. The maximum absolute atomic E-state index is 12.8. The topological polar surface area (TPSA) is 61.4 Å². The number of nitrogens with one attached hydrogen (secondary N) is 2. The first-order valence-electron chi connectivity index (χ1n) is 8.70. The second-order valence-corrected chi connectivity index (χ2v) is 6.46. The summed E-state index contributed by atoms with van der Waals surface area (Å²) in [7, 11) is 2.09. The van der Waals surface area contributed by atoms with Crippen LogP contribution >= 0.6 is 0 Å². The van der Waals surface area contributed by atoms with Gasteiger partial charge in [0.1, 0.15) is 5.82 Å². The zero-order chi connectivity index (χ0) is 18.5. The third kappa shape index (κ3) is 4.39. The van der Waals surface area contributed by atoms with E-state index < -0.39 is 17.6 Å². The summed E-state index contributed by atoms with van der Waals surface area (Å²) >= 11 is 0. The quantitative estimate of drug-likeness (QED) is 0.829. The number of fused-ring (bicyclic) bond motifs is 1. The van der Waals surface area contributed by atoms with Gasteiger partial charge in [-0.15, -0.1) is 0 Å². The third-order valence-electron chi connectivity index (χ3n) is 4.50. The minimum absolute atomic E-state index is 0.379. The average molecular weight is 355 g/mol. The second kappa shape index (κ2) is 7.99. The fraction of sp³-hybridized carbons (Fsp3) is 0.300. The van der Waals surface area contributed by atoms with E-state index in [-0.39, 0.29) is 0 Å². The summed E-state index contributed by atoms with van der Waals surface area (Å²) in [5.41, 5.74) is 4.11. The van der Waals surface area contributed by atoms with E-state index in [1.54, 1.807) is 0 Å². The lowest BCUT2D eigenvalue weighted by atomic mass is 9.98. The maximum Gasteiger partial charge on any atom is 0.313 e. The van der Waals surface area contributed by atoms with Crippen LogP contribution < -0.4 is 15.5 Å². The highest BCUT2D eigenvalue weighted by Gasteiger charge is 2.15. The zero-order valence-corrected chi connectivity index (χ0v) is 14.7. The van der Waals surface area contributed by atoms with E-state index >= 15 is 0 Å². The van der Waals surface area contributed by atoms with Crippen molar-refractivity contribution in [2.45, 2.75) is 19.3 Å². The van der Waals surface area contributed by atoms with Crippen molar-refractivity contribution in [2.75, 3.05) is 30.4 Å². The summed E-state index contributed by atoms with van der Waals surface area (Å²) in [6.45, 7) is 1.45. The number of carbonyl (C=O) groups excluding carboxylic acids is 2. The number of amides is 2. The van der Waals surface area contributed by atoms with Crippen LogP contribution in [0.1, 0.15) is 17.5 Å². The first-order chi connectivity index (χ1) is 12.5. The first kappa shape index (κ1) is 17.9. The molecule has 2 aromatic rings. The third-order valence-corrected chi connectivity index (χ3v) is 4.50. The van der Waals surface area contributed by atoms with Crippen LogP contribution in [-0.2, 0) is 22.4 Å². The molecule has 0 atom stereocenters. The molecule has 0 fully saturated rings. The Balaban J connectivity index is 1.49. The number of nitrogens with zero attached hydrogens (tertiary/aromatic N) is 1. The fourth-order valence-corrected chi connectivity index (χ4v) is 3.12. The van der Waals surface area contributed by atoms with Crippen molar-refractivity contribution in [1.82, 2.24) is 5.32 Å². The number of hydrogen-bond acceptors (Lipinski definition) is 3. The maximum atomic E-state index is 12.8. The van der Waals surface area contributed by atoms with Crippen LogP contribution in [0.5, 0.6) is 0 Å². The van der Waals surface area contributed by atoms with Crippen LogP contribution in [0.25, 0.3) is 0 Å². The summed E-state index contributed by atoms with van der Waals surface area (Å²) in [6, 6.07) is 11.6. The molecule has 2 N–H and O–H groups in total. The number of anilines is 2. The van der Waals surface area contributed by atoms with Crippen molar-refractivity contribution in [2.24, 2.45) is 0 Å². The summed E-state index contributed by atoms with van der Waals surface area (Å²) in [4.78, 5) is 26.0. The molecule has 0 aromatic heterocycles. The number of carbonyl (C=O) groups is 2. The fourth-order valence-electron chi connectivity index (χ4n) is 3.12. The minimum atomic E-state index is -0.760. The van der Waals surface area contributed by atoms with Gasteiger partial charge in [0.25, 0.3) is 0 Å². The molecule has 0 radical (unpaired) electrons. The molecule has 0 bridgehead atoms. The first-order valence-corrected chi connectivity index (χ1v) is 8.70. The van der Waals surface area contributed by atoms with Crippen LogP contribution in [0.15, 0.2) is 42.5 Å². The van der Waals surface area contributed by atoms with Crippen LogP contribution in [0, 0.1) is 5.82 Å². The van der Waals surface area contributed by atoms with Gasteiger partial charge in [0.15, 0.2) is 0 Å². The SMILES string of the molecule is CN1CCCc2cc(CCNC(=O)C(=O)Nc3ccc(F)cc3)ccc21. The van der Waals surface area contributed by atoms with Gasteiger partial charge < -0.3 is 15.5 Å². The molecule has 26 heavy (non-hydrogen) atoms. The number of rotatable bonds is 4. The van der Waals surface area contributed by atoms with Crippen molar-refractivity contribution >= 4 is 23.2 Å². The van der Waals surface area contributed by atoms with Gasteiger partial charge in [-0.25, -0.2) is 4.39 Å². The lowest BCUT2D eigenvalue weighted by Gasteiger charge is -2.27. The van der Waals surface area contributed by atoms with Crippen molar-refractivity contribution in [3.63, 3.8) is 0 Å². The molecule has 5 nitrogen and oxygen atoms in total. The summed E-state index contributed by atoms with van der Waals surface area (Å²) in [5.74, 6) is -1.86. The molecule has 136 valence electrons. The summed E-state index contributed by atoms with van der Waals surface area (Å²) in [5, 5.41) is 5.06. The predicted octanol–water partition coefficient (Wildman–Crippen LogP) is 2.51. The van der Waals surface area contributed by atoms with Crippen molar-refractivity contribution in [3.8, 4) is 0 Å². The Hall–Kier alpha value is -2.89. The molecule has 0 unspecified atom stereocenters. The highest BCUT2D eigenvalue weighted by molar-refractivity contribution is 6.39. The van der Waals surface area contributed by atoms with Gasteiger partial charge in [-0.1, -0.05) is 12.1 Å². The number of benzene rings is 2. The number of halogens is 1. The lowest BCUT2D eigenvalue weighted by Crippen LogP contribution is -2.36. The molecule has 0 saturated carbocycles. The van der Waals surface area contributed by atoms with E-state index in [4.69, 9.17) is 0 Å². The minimum Gasteiger partial charge on any atom is -0.374 e. The zero-order valence-electron chi connectivity index (χ0n) is 14.7. The highest BCUT2D eigenvalue weighted by atomic mass is 19.1. The van der Waals surface area contributed by atoms with Gasteiger partial charge in [-0.05, 0) is 60.7 Å². The van der Waals surface area contributed by atoms with Gasteiger partial charge in [0, 0.05) is 31.5 Å². The molecule has 1 heterocycles. The van der Waals surface area contributed by atoms with Gasteiger partial charge in [0.05, 0.1) is 0 Å². The van der Waals surface area contributed by atoms with E-state index in [0.717, 1.165) is 24.9 Å². The highest BCUT2D eigenvalue weighted by Crippen LogP contribution is 2.26. The normalized spacial score (nSPS) is 13.1. The Bertz CT molecular complexity index is 805. The Morgan fingerprint density at radius 3 is 2.65 bits per heavy atom. The number of aryl methyl sites for hydroxylation is 1. The van der Waals surface area contributed by atoms with Crippen LogP contribution in [0.3, 0.4) is 0 Å². The van der Waals surface area contributed by atoms with Gasteiger partial charge in [-0.3, -0.25) is 9.59 Å². The Kier molecular flexibility index (Phi) is 5.51. The van der Waals surface area contributed by atoms with E-state index in [9.17, 15) is 14.0 Å². The smallest absolute Gasteiger partial charge is 0.313 e. The molecular weight excluding hydrogens is 333 g/mol. The Labute approximate surface area is 152 Å². The predicted molar refractivity (Wildman–Crippen MR) is 99.8 cm³/mol. The average Bonchev–Trinajstić information content (AvgIpc) is 2.63. The second-order valence-electron chi connectivity index (χ2n) is 6.46. The van der Waals surface area contributed by atoms with Crippen molar-refractivity contribution in [1.29, 1.82) is 0 Å². The molecule has 0 spiro atoms. The van der Waals surface area contributed by atoms with E-state index in [1.807, 2.05) is 0 Å². The van der Waals surface area contributed by atoms with Gasteiger partial charge >= 0.3 is 11.8 Å². The van der Waals surface area contributed by atoms with Crippen LogP contribution in [0.2, 0.25) is 0 Å². The Morgan fingerprint density at radius 2 is 1.88 bits per heavy atom. The largest absolute Gasteiger partial charge is 0.374 e. The standard InChI is InChI=1S/C20H22FN3O2/c1-24-12-2-3-15-13-14(4-9-18(15)24)10-11-22-19(25)20(26)23-17-7-5-16(21)6-8-17/h4-9,13H,2-3,10-12H2,1H3,(H,22,25)(H,23,26). The lowest BCUT2D eigenvalue weighted by molar-refractivity contribution is -0.136. The van der Waals surface area contributed by atoms with E-state index in [2.05, 4.69) is 40.8 Å². The molecule has 2 amide bonds. The van der Waals surface area contributed by atoms with E-state index in [1.165, 1.54) is 35.5 Å². The van der Waals surface area contributed by atoms with Crippen LogP contribution in [-0.4, -0.2) is 32.0 Å². The summed E-state index contributed by atoms with van der Waals surface area (Å²) in [6.07, 6.45) is 2.87. The van der Waals surface area contributed by atoms with Crippen LogP contribution in [0.4, 0.5) is 15.8 Å². The number of hydrogen-bond donors (Lipinski definition) is 2. The molecule has 2 aromatic carbocycles. The molecule has 1 aliphatic heterocycles. The van der Waals surface area contributed by atoms with Crippen molar-refractivity contribution in [3.05, 3.63) is 59.4 Å².